The maximum atomic E-state index is 13.8. The van der Waals surface area contributed by atoms with Crippen molar-refractivity contribution in [1.29, 1.82) is 0 Å². The third-order valence-electron chi connectivity index (χ3n) is 9.51. The monoisotopic (exact) mass is 692 g/mol. The van der Waals surface area contributed by atoms with Crippen molar-refractivity contribution in [3.63, 3.8) is 0 Å². The second kappa shape index (κ2) is 16.6. The highest BCUT2D eigenvalue weighted by Gasteiger charge is 2.41. The van der Waals surface area contributed by atoms with Crippen LogP contribution in [0.25, 0.3) is 21.5 Å². The molecule has 0 radical (unpaired) electrons. The first-order chi connectivity index (χ1) is 24.4. The van der Waals surface area contributed by atoms with Crippen molar-refractivity contribution in [1.82, 2.24) is 10.6 Å². The van der Waals surface area contributed by atoms with E-state index in [1.165, 1.54) is 0 Å². The Morgan fingerprint density at radius 1 is 0.569 bits per heavy atom. The summed E-state index contributed by atoms with van der Waals surface area (Å²) in [6, 6.07) is 25.1. The number of carboxylic acids is 1. The summed E-state index contributed by atoms with van der Waals surface area (Å²) in [4.78, 5) is 66.7. The van der Waals surface area contributed by atoms with Crippen molar-refractivity contribution in [3.8, 4) is 0 Å². The second-order valence-corrected chi connectivity index (χ2v) is 14.6. The number of rotatable bonds is 13. The number of fused-ring (bicyclic) bond motifs is 2. The lowest BCUT2D eigenvalue weighted by molar-refractivity contribution is -0.146. The van der Waals surface area contributed by atoms with Crippen molar-refractivity contribution in [2.24, 2.45) is 29.6 Å². The van der Waals surface area contributed by atoms with Gasteiger partial charge in [0, 0.05) is 23.2 Å². The summed E-state index contributed by atoms with van der Waals surface area (Å²) in [5.41, 5.74) is 1.20. The third kappa shape index (κ3) is 9.93. The van der Waals surface area contributed by atoms with E-state index in [1.807, 2.05) is 113 Å². The molecular formula is C41H48N4O6. The zero-order chi connectivity index (χ0) is 36.7. The second-order valence-electron chi connectivity index (χ2n) is 14.6. The Bertz CT molecular complexity index is 1780. The number of carbonyl (C=O) groups excluding carboxylic acids is 4. The number of nitrogens with one attached hydrogen (secondary N) is 4. The fraction of sp³-hybridized carbons (Fsp3) is 0.390. The lowest BCUT2D eigenvalue weighted by Gasteiger charge is -2.33. The molecule has 5 atom stereocenters. The molecule has 0 bridgehead atoms. The molecule has 5 N–H and O–H groups in total. The highest BCUT2D eigenvalue weighted by molar-refractivity contribution is 6.00. The molecular weight excluding hydrogens is 644 g/mol. The van der Waals surface area contributed by atoms with Crippen LogP contribution in [0.15, 0.2) is 84.9 Å². The van der Waals surface area contributed by atoms with Crippen LogP contribution in [-0.4, -0.2) is 46.8 Å². The van der Waals surface area contributed by atoms with Crippen LogP contribution in [-0.2, 0) is 24.0 Å². The van der Waals surface area contributed by atoms with Crippen LogP contribution in [0.3, 0.4) is 0 Å². The topological polar surface area (TPSA) is 154 Å². The minimum Gasteiger partial charge on any atom is -0.481 e. The van der Waals surface area contributed by atoms with Crippen LogP contribution in [0.5, 0.6) is 0 Å². The predicted molar refractivity (Wildman–Crippen MR) is 200 cm³/mol. The SMILES string of the molecule is CC(C)C[C@H](NC(=O)[C@@H]1CC(C(=O)O)C[C@H](C(=O)N[C@@H](CC(C)C)C(=O)Nc2ccc3ccccc3c2)C1)C(=O)Nc1ccc2ccccc2c1. The van der Waals surface area contributed by atoms with Gasteiger partial charge in [-0.25, -0.2) is 0 Å². The summed E-state index contributed by atoms with van der Waals surface area (Å²) in [7, 11) is 0. The van der Waals surface area contributed by atoms with Crippen molar-refractivity contribution in [3.05, 3.63) is 84.9 Å². The Morgan fingerprint density at radius 2 is 0.941 bits per heavy atom. The number of carboxylic acid groups (broad SMARTS) is 1. The molecule has 1 fully saturated rings. The maximum Gasteiger partial charge on any atom is 0.306 e. The van der Waals surface area contributed by atoms with Crippen LogP contribution in [0.4, 0.5) is 11.4 Å². The van der Waals surface area contributed by atoms with Gasteiger partial charge >= 0.3 is 5.97 Å². The van der Waals surface area contributed by atoms with E-state index in [1.54, 1.807) is 0 Å². The molecule has 0 heterocycles. The van der Waals surface area contributed by atoms with E-state index in [0.717, 1.165) is 21.5 Å². The Kier molecular flexibility index (Phi) is 12.1. The molecule has 5 rings (SSSR count). The molecule has 0 aromatic heterocycles. The minimum atomic E-state index is -1.09. The first kappa shape index (κ1) is 37.0. The van der Waals surface area contributed by atoms with E-state index >= 15 is 0 Å². The number of benzene rings is 4. The molecule has 51 heavy (non-hydrogen) atoms. The van der Waals surface area contributed by atoms with Crippen LogP contribution >= 0.6 is 0 Å². The van der Waals surface area contributed by atoms with Gasteiger partial charge in [0.05, 0.1) is 5.92 Å². The third-order valence-corrected chi connectivity index (χ3v) is 9.51. The van der Waals surface area contributed by atoms with Crippen molar-refractivity contribution >= 4 is 62.5 Å². The Hall–Kier alpha value is -5.25. The van der Waals surface area contributed by atoms with Gasteiger partial charge in [-0.3, -0.25) is 24.0 Å². The van der Waals surface area contributed by atoms with E-state index in [0.29, 0.717) is 24.2 Å². The fourth-order valence-electron chi connectivity index (χ4n) is 6.93. The smallest absolute Gasteiger partial charge is 0.306 e. The van der Waals surface area contributed by atoms with Gasteiger partial charge in [0.15, 0.2) is 0 Å². The zero-order valence-electron chi connectivity index (χ0n) is 29.6. The lowest BCUT2D eigenvalue weighted by atomic mass is 9.74. The summed E-state index contributed by atoms with van der Waals surface area (Å²) < 4.78 is 0. The van der Waals surface area contributed by atoms with Gasteiger partial charge in [-0.05, 0) is 89.8 Å². The van der Waals surface area contributed by atoms with Crippen LogP contribution in [0.1, 0.15) is 59.8 Å². The molecule has 10 heteroatoms. The number of amides is 4. The highest BCUT2D eigenvalue weighted by atomic mass is 16.4. The van der Waals surface area contributed by atoms with Gasteiger partial charge in [-0.15, -0.1) is 0 Å². The molecule has 1 unspecified atom stereocenters. The van der Waals surface area contributed by atoms with Crippen molar-refractivity contribution in [2.45, 2.75) is 71.9 Å². The normalized spacial score (nSPS) is 18.6. The largest absolute Gasteiger partial charge is 0.481 e. The van der Waals surface area contributed by atoms with Gasteiger partial charge in [-0.1, -0.05) is 88.4 Å². The number of aliphatic carboxylic acids is 1. The van der Waals surface area contributed by atoms with Gasteiger partial charge in [0.1, 0.15) is 12.1 Å². The van der Waals surface area contributed by atoms with E-state index in [-0.39, 0.29) is 42.9 Å². The summed E-state index contributed by atoms with van der Waals surface area (Å²) in [6.07, 6.45) is 0.927. The molecule has 4 amide bonds. The first-order valence-electron chi connectivity index (χ1n) is 17.8. The van der Waals surface area contributed by atoms with Gasteiger partial charge in [0.2, 0.25) is 23.6 Å². The molecule has 268 valence electrons. The van der Waals surface area contributed by atoms with Crippen LogP contribution in [0.2, 0.25) is 0 Å². The Morgan fingerprint density at radius 3 is 1.31 bits per heavy atom. The standard InChI is InChI=1S/C41H48N4O6/c1-24(2)17-35(39(48)42-33-15-13-26-9-5-7-11-28(26)22-33)44-37(46)30-19-31(21-32(20-30)41(50)51)38(47)45-36(18-25(3)4)40(49)43-34-16-14-27-10-6-8-12-29(27)23-34/h5-16,22-25,30-32,35-36H,17-21H2,1-4H3,(H,42,48)(H,43,49)(H,44,46)(H,45,47)(H,50,51)/t30-,31+,32?,35-,36-/m0/s1. The summed E-state index contributed by atoms with van der Waals surface area (Å²) in [5.74, 6) is -5.18. The molecule has 4 aromatic rings. The van der Waals surface area contributed by atoms with E-state index in [4.69, 9.17) is 0 Å². The van der Waals surface area contributed by atoms with Gasteiger partial charge in [-0.2, -0.15) is 0 Å². The lowest BCUT2D eigenvalue weighted by Crippen LogP contribution is -2.51. The van der Waals surface area contributed by atoms with Crippen molar-refractivity contribution < 1.29 is 29.1 Å². The predicted octanol–water partition coefficient (Wildman–Crippen LogP) is 6.75. The van der Waals surface area contributed by atoms with E-state index < -0.39 is 47.6 Å². The average molecular weight is 693 g/mol. The fourth-order valence-corrected chi connectivity index (χ4v) is 6.93. The molecule has 0 spiro atoms. The van der Waals surface area contributed by atoms with Gasteiger partial charge < -0.3 is 26.4 Å². The molecule has 0 saturated heterocycles. The maximum absolute atomic E-state index is 13.8. The number of carbonyl (C=O) groups is 5. The Labute approximate surface area is 298 Å². The molecule has 1 saturated carbocycles. The minimum absolute atomic E-state index is 0.0451. The van der Waals surface area contributed by atoms with E-state index in [2.05, 4.69) is 21.3 Å². The first-order valence-corrected chi connectivity index (χ1v) is 17.8. The van der Waals surface area contributed by atoms with Crippen molar-refractivity contribution in [2.75, 3.05) is 10.6 Å². The Balaban J connectivity index is 1.27. The molecule has 10 nitrogen and oxygen atoms in total. The summed E-state index contributed by atoms with van der Waals surface area (Å²) in [6.45, 7) is 7.81. The van der Waals surface area contributed by atoms with Crippen LogP contribution < -0.4 is 21.3 Å². The molecule has 4 aromatic carbocycles. The number of hydrogen-bond donors (Lipinski definition) is 5. The van der Waals surface area contributed by atoms with Crippen LogP contribution in [0, 0.1) is 29.6 Å². The van der Waals surface area contributed by atoms with E-state index in [9.17, 15) is 29.1 Å². The highest BCUT2D eigenvalue weighted by Crippen LogP contribution is 2.35. The molecule has 1 aliphatic carbocycles. The average Bonchev–Trinajstić information content (AvgIpc) is 3.10. The number of anilines is 2. The number of hydrogen-bond acceptors (Lipinski definition) is 5. The summed E-state index contributed by atoms with van der Waals surface area (Å²) in [5, 5.41) is 25.6. The summed E-state index contributed by atoms with van der Waals surface area (Å²) >= 11 is 0. The van der Waals surface area contributed by atoms with Gasteiger partial charge in [0.25, 0.3) is 0 Å². The quantitative estimate of drug-likeness (QED) is 0.105. The zero-order valence-corrected chi connectivity index (χ0v) is 29.6. The molecule has 0 aliphatic heterocycles. The molecule has 1 aliphatic rings.